The van der Waals surface area contributed by atoms with Crippen LogP contribution in [-0.2, 0) is 14.3 Å². The average molecular weight is 365 g/mol. The molecule has 4 rings (SSSR count). The number of halogens is 1. The number of ketones is 1. The molecule has 138 valence electrons. The van der Waals surface area contributed by atoms with Crippen molar-refractivity contribution in [2.75, 3.05) is 5.88 Å². The van der Waals surface area contributed by atoms with Crippen molar-refractivity contribution in [3.05, 3.63) is 11.6 Å². The van der Waals surface area contributed by atoms with E-state index in [-0.39, 0.29) is 22.9 Å². The number of hydrogen-bond donors (Lipinski definition) is 0. The monoisotopic (exact) mass is 364 g/mol. The van der Waals surface area contributed by atoms with Crippen molar-refractivity contribution in [2.45, 2.75) is 71.3 Å². The average Bonchev–Trinajstić information content (AvgIpc) is 2.89. The zero-order valence-electron chi connectivity index (χ0n) is 15.4. The number of alkyl halides is 1. The lowest BCUT2D eigenvalue weighted by Gasteiger charge is -2.57. The molecule has 0 spiro atoms. The van der Waals surface area contributed by atoms with Gasteiger partial charge in [0.1, 0.15) is 11.9 Å². The van der Waals surface area contributed by atoms with Crippen molar-refractivity contribution in [3.63, 3.8) is 0 Å². The number of carbonyl (C=O) groups excluding carboxylic acids is 2. The van der Waals surface area contributed by atoms with Gasteiger partial charge in [0.2, 0.25) is 0 Å². The van der Waals surface area contributed by atoms with E-state index in [0.717, 1.165) is 51.4 Å². The Bertz CT molecular complexity index is 627. The Morgan fingerprint density at radius 2 is 2.08 bits per heavy atom. The van der Waals surface area contributed by atoms with Gasteiger partial charge in [0.05, 0.1) is 0 Å². The van der Waals surface area contributed by atoms with Crippen molar-refractivity contribution in [3.8, 4) is 0 Å². The van der Waals surface area contributed by atoms with Gasteiger partial charge in [0.15, 0.2) is 0 Å². The summed E-state index contributed by atoms with van der Waals surface area (Å²) in [4.78, 5) is 23.8. The van der Waals surface area contributed by atoms with E-state index >= 15 is 0 Å². The minimum Gasteiger partial charge on any atom is -0.462 e. The molecule has 4 aliphatic carbocycles. The van der Waals surface area contributed by atoms with Crippen LogP contribution < -0.4 is 0 Å². The van der Waals surface area contributed by atoms with Crippen LogP contribution in [0.15, 0.2) is 11.6 Å². The first-order valence-electron chi connectivity index (χ1n) is 9.87. The van der Waals surface area contributed by atoms with E-state index in [2.05, 4.69) is 13.0 Å². The fourth-order valence-corrected chi connectivity index (χ4v) is 7.28. The SMILES string of the molecule is CC(=O)O[C@H]1CC[C@@]2(CCl)C(=CC[C@@H]3[C@@H]2CC[C@]2(C)C(=O)CC[C@@H]32)C1. The molecule has 0 unspecified atom stereocenters. The molecule has 0 aromatic heterocycles. The minimum atomic E-state index is -0.185. The summed E-state index contributed by atoms with van der Waals surface area (Å²) in [5.41, 5.74) is 1.40. The maximum absolute atomic E-state index is 12.5. The zero-order valence-corrected chi connectivity index (χ0v) is 16.1. The van der Waals surface area contributed by atoms with Crippen LogP contribution in [0.2, 0.25) is 0 Å². The summed E-state index contributed by atoms with van der Waals surface area (Å²) in [6.07, 6.45) is 10.2. The minimum absolute atomic E-state index is 0.0126. The van der Waals surface area contributed by atoms with E-state index in [1.807, 2.05) is 0 Å². The Hall–Kier alpha value is -0.830. The summed E-state index contributed by atoms with van der Waals surface area (Å²) >= 11 is 6.61. The number of carbonyl (C=O) groups is 2. The lowest BCUT2D eigenvalue weighted by atomic mass is 9.48. The highest BCUT2D eigenvalue weighted by Gasteiger charge is 2.59. The first-order chi connectivity index (χ1) is 11.9. The molecular weight excluding hydrogens is 336 g/mol. The van der Waals surface area contributed by atoms with E-state index in [4.69, 9.17) is 16.3 Å². The molecule has 4 aliphatic rings. The van der Waals surface area contributed by atoms with Gasteiger partial charge < -0.3 is 4.74 Å². The van der Waals surface area contributed by atoms with Crippen molar-refractivity contribution in [1.29, 1.82) is 0 Å². The van der Waals surface area contributed by atoms with Crippen molar-refractivity contribution < 1.29 is 14.3 Å². The topological polar surface area (TPSA) is 43.4 Å². The van der Waals surface area contributed by atoms with E-state index in [1.54, 1.807) is 0 Å². The molecule has 3 nitrogen and oxygen atoms in total. The lowest BCUT2D eigenvalue weighted by molar-refractivity contribution is -0.148. The molecule has 0 amide bonds. The molecule has 4 heteroatoms. The highest BCUT2D eigenvalue weighted by Crippen LogP contribution is 2.64. The molecule has 6 atom stereocenters. The summed E-state index contributed by atoms with van der Waals surface area (Å²) in [6.45, 7) is 3.71. The Labute approximate surface area is 155 Å². The molecule has 0 N–H and O–H groups in total. The Balaban J connectivity index is 1.63. The van der Waals surface area contributed by atoms with Crippen LogP contribution >= 0.6 is 11.6 Å². The quantitative estimate of drug-likeness (QED) is 0.406. The molecule has 0 bridgehead atoms. The van der Waals surface area contributed by atoms with E-state index in [1.165, 1.54) is 12.5 Å². The van der Waals surface area contributed by atoms with Crippen LogP contribution in [-0.4, -0.2) is 23.7 Å². The first kappa shape index (κ1) is 17.6. The molecule has 0 radical (unpaired) electrons. The van der Waals surface area contributed by atoms with Gasteiger partial charge in [-0.1, -0.05) is 18.6 Å². The van der Waals surface area contributed by atoms with E-state index in [0.29, 0.717) is 29.4 Å². The van der Waals surface area contributed by atoms with Crippen LogP contribution in [0.25, 0.3) is 0 Å². The number of allylic oxidation sites excluding steroid dienone is 1. The Morgan fingerprint density at radius 1 is 1.28 bits per heavy atom. The number of ether oxygens (including phenoxy) is 1. The van der Waals surface area contributed by atoms with Crippen molar-refractivity contribution in [2.24, 2.45) is 28.6 Å². The largest absolute Gasteiger partial charge is 0.462 e. The summed E-state index contributed by atoms with van der Waals surface area (Å²) in [6, 6.07) is 0. The highest BCUT2D eigenvalue weighted by molar-refractivity contribution is 6.18. The van der Waals surface area contributed by atoms with Crippen LogP contribution in [0, 0.1) is 28.6 Å². The second-order valence-corrected chi connectivity index (χ2v) is 9.29. The smallest absolute Gasteiger partial charge is 0.302 e. The number of esters is 1. The summed E-state index contributed by atoms with van der Waals surface area (Å²) < 4.78 is 5.50. The second kappa shape index (κ2) is 6.11. The Kier molecular flexibility index (Phi) is 4.30. The van der Waals surface area contributed by atoms with E-state index in [9.17, 15) is 9.59 Å². The van der Waals surface area contributed by atoms with Gasteiger partial charge in [-0.3, -0.25) is 9.59 Å². The first-order valence-corrected chi connectivity index (χ1v) is 10.4. The molecule has 0 heterocycles. The van der Waals surface area contributed by atoms with Crippen molar-refractivity contribution in [1.82, 2.24) is 0 Å². The van der Waals surface area contributed by atoms with Gasteiger partial charge in [-0.05, 0) is 56.3 Å². The van der Waals surface area contributed by atoms with Gasteiger partial charge in [0.25, 0.3) is 0 Å². The molecule has 0 aromatic carbocycles. The van der Waals surface area contributed by atoms with Gasteiger partial charge >= 0.3 is 5.97 Å². The molecule has 0 saturated heterocycles. The summed E-state index contributed by atoms with van der Waals surface area (Å²) in [5, 5.41) is 0. The van der Waals surface area contributed by atoms with Gasteiger partial charge in [-0.25, -0.2) is 0 Å². The van der Waals surface area contributed by atoms with E-state index < -0.39 is 0 Å². The molecule has 0 aromatic rings. The molecular formula is C21H29ClO3. The third-order valence-corrected chi connectivity index (χ3v) is 8.54. The fourth-order valence-electron chi connectivity index (χ4n) is 6.78. The number of fused-ring (bicyclic) bond motifs is 5. The second-order valence-electron chi connectivity index (χ2n) is 9.02. The lowest BCUT2D eigenvalue weighted by Crippen LogP contribution is -2.52. The predicted octanol–water partition coefficient (Wildman–Crippen LogP) is 4.67. The summed E-state index contributed by atoms with van der Waals surface area (Å²) in [5.74, 6) is 2.68. The normalized spacial score (nSPS) is 45.9. The van der Waals surface area contributed by atoms with Crippen molar-refractivity contribution >= 4 is 23.4 Å². The fraction of sp³-hybridized carbons (Fsp3) is 0.810. The third-order valence-electron chi connectivity index (χ3n) is 8.06. The molecule has 25 heavy (non-hydrogen) atoms. The van der Waals surface area contributed by atoms with Gasteiger partial charge in [-0.2, -0.15) is 0 Å². The molecule has 0 aliphatic heterocycles. The van der Waals surface area contributed by atoms with Crippen LogP contribution in [0.5, 0.6) is 0 Å². The van der Waals surface area contributed by atoms with Crippen LogP contribution in [0.4, 0.5) is 0 Å². The maximum atomic E-state index is 12.5. The summed E-state index contributed by atoms with van der Waals surface area (Å²) in [7, 11) is 0. The number of Topliss-reactive ketones (excluding diaryl/α,β-unsaturated/α-hetero) is 1. The number of hydrogen-bond acceptors (Lipinski definition) is 3. The van der Waals surface area contributed by atoms with Crippen LogP contribution in [0.3, 0.4) is 0 Å². The van der Waals surface area contributed by atoms with Gasteiger partial charge in [-0.15, -0.1) is 11.6 Å². The highest BCUT2D eigenvalue weighted by atomic mass is 35.5. The Morgan fingerprint density at radius 3 is 2.80 bits per heavy atom. The number of rotatable bonds is 2. The predicted molar refractivity (Wildman–Crippen MR) is 97.3 cm³/mol. The standard InChI is InChI=1S/C21H29ClO3/c1-13(23)25-15-7-10-21(12-22)14(11-15)3-4-16-17-5-6-19(24)20(17,2)9-8-18(16)21/h3,15-18H,4-12H2,1-2H3/t15-,16-,17-,18-,20-,21+/m0/s1. The maximum Gasteiger partial charge on any atom is 0.302 e. The van der Waals surface area contributed by atoms with Gasteiger partial charge in [0, 0.05) is 36.5 Å². The zero-order chi connectivity index (χ0) is 17.8. The molecule has 3 fully saturated rings. The van der Waals surface area contributed by atoms with Crippen LogP contribution in [0.1, 0.15) is 65.2 Å². The molecule has 3 saturated carbocycles. The third kappa shape index (κ3) is 2.52.